The van der Waals surface area contributed by atoms with Gasteiger partial charge < -0.3 is 20.1 Å². The van der Waals surface area contributed by atoms with Gasteiger partial charge in [-0.25, -0.2) is 4.79 Å². The van der Waals surface area contributed by atoms with Crippen LogP contribution >= 0.6 is 0 Å². The lowest BCUT2D eigenvalue weighted by molar-refractivity contribution is -0.141. The Morgan fingerprint density at radius 2 is 1.87 bits per heavy atom. The van der Waals surface area contributed by atoms with E-state index in [0.717, 1.165) is 0 Å². The van der Waals surface area contributed by atoms with Gasteiger partial charge in [-0.15, -0.1) is 0 Å². The molecule has 0 aromatic heterocycles. The predicted octanol–water partition coefficient (Wildman–Crippen LogP) is 2.62. The van der Waals surface area contributed by atoms with E-state index in [-0.39, 0.29) is 18.6 Å². The number of likely N-dealkylation sites (tertiary alicyclic amines) is 1. The van der Waals surface area contributed by atoms with E-state index in [1.54, 1.807) is 4.90 Å². The van der Waals surface area contributed by atoms with Crippen molar-refractivity contribution in [3.63, 3.8) is 0 Å². The van der Waals surface area contributed by atoms with Gasteiger partial charge >= 0.3 is 12.1 Å². The van der Waals surface area contributed by atoms with Crippen LogP contribution in [0.25, 0.3) is 0 Å². The van der Waals surface area contributed by atoms with E-state index in [9.17, 15) is 14.7 Å². The molecular formula is C17H30N2O4. The van der Waals surface area contributed by atoms with Gasteiger partial charge in [0.05, 0.1) is 12.0 Å². The lowest BCUT2D eigenvalue weighted by Crippen LogP contribution is -2.73. The highest BCUT2D eigenvalue weighted by molar-refractivity contribution is 5.73. The normalized spacial score (nSPS) is 22.5. The van der Waals surface area contributed by atoms with E-state index in [2.05, 4.69) is 12.2 Å². The average molecular weight is 326 g/mol. The fourth-order valence-electron chi connectivity index (χ4n) is 3.74. The van der Waals surface area contributed by atoms with E-state index in [1.807, 2.05) is 20.8 Å². The lowest BCUT2D eigenvalue weighted by atomic mass is 9.84. The molecule has 6 nitrogen and oxygen atoms in total. The summed E-state index contributed by atoms with van der Waals surface area (Å²) in [6, 6.07) is 0.276. The molecule has 2 rings (SSSR count). The van der Waals surface area contributed by atoms with E-state index >= 15 is 0 Å². The highest BCUT2D eigenvalue weighted by Gasteiger charge is 2.49. The highest BCUT2D eigenvalue weighted by Crippen LogP contribution is 2.32. The molecule has 0 unspecified atom stereocenters. The topological polar surface area (TPSA) is 78.9 Å². The van der Waals surface area contributed by atoms with Crippen molar-refractivity contribution in [1.29, 1.82) is 0 Å². The molecule has 0 radical (unpaired) electrons. The number of amides is 1. The molecule has 0 bridgehead atoms. The van der Waals surface area contributed by atoms with Crippen LogP contribution in [0.5, 0.6) is 0 Å². The molecular weight excluding hydrogens is 296 g/mol. The average Bonchev–Trinajstić information content (AvgIpc) is 2.85. The third-order valence-electron chi connectivity index (χ3n) is 4.77. The van der Waals surface area contributed by atoms with Crippen molar-refractivity contribution in [2.45, 2.75) is 77.0 Å². The van der Waals surface area contributed by atoms with Gasteiger partial charge in [0.15, 0.2) is 0 Å². The van der Waals surface area contributed by atoms with E-state index in [0.29, 0.717) is 19.0 Å². The zero-order valence-corrected chi connectivity index (χ0v) is 14.7. The molecule has 2 fully saturated rings. The highest BCUT2D eigenvalue weighted by atomic mass is 16.6. The van der Waals surface area contributed by atoms with Gasteiger partial charge in [0.1, 0.15) is 5.60 Å². The van der Waals surface area contributed by atoms with Gasteiger partial charge in [-0.3, -0.25) is 4.79 Å². The first kappa shape index (κ1) is 18.0. The molecule has 2 N–H and O–H groups in total. The molecule has 6 heteroatoms. The number of aliphatic carboxylic acids is 1. The Hall–Kier alpha value is -1.30. The van der Waals surface area contributed by atoms with Crippen LogP contribution in [-0.4, -0.2) is 52.3 Å². The van der Waals surface area contributed by atoms with E-state index in [4.69, 9.17) is 4.74 Å². The van der Waals surface area contributed by atoms with Crippen LogP contribution in [0.2, 0.25) is 0 Å². The Morgan fingerprint density at radius 3 is 2.35 bits per heavy atom. The number of hydrogen-bond acceptors (Lipinski definition) is 4. The molecule has 0 spiro atoms. The number of carbonyl (C=O) groups is 2. The second kappa shape index (κ2) is 6.67. The maximum absolute atomic E-state index is 12.1. The van der Waals surface area contributed by atoms with Crippen LogP contribution in [0.15, 0.2) is 0 Å². The van der Waals surface area contributed by atoms with Crippen molar-refractivity contribution in [2.24, 2.45) is 5.92 Å². The summed E-state index contributed by atoms with van der Waals surface area (Å²) in [5.41, 5.74) is -1.06. The summed E-state index contributed by atoms with van der Waals surface area (Å²) < 4.78 is 5.36. The Kier molecular flexibility index (Phi) is 5.23. The number of nitrogens with zero attached hydrogens (tertiary/aromatic N) is 1. The van der Waals surface area contributed by atoms with Crippen LogP contribution in [0.4, 0.5) is 4.79 Å². The second-order valence-electron chi connectivity index (χ2n) is 8.16. The number of carboxylic acid groups (broad SMARTS) is 1. The third kappa shape index (κ3) is 4.83. The molecule has 23 heavy (non-hydrogen) atoms. The fourth-order valence-corrected chi connectivity index (χ4v) is 3.74. The second-order valence-corrected chi connectivity index (χ2v) is 8.16. The van der Waals surface area contributed by atoms with Crippen LogP contribution in [0.3, 0.4) is 0 Å². The molecule has 1 aliphatic carbocycles. The molecule has 1 aliphatic heterocycles. The molecule has 1 heterocycles. The summed E-state index contributed by atoms with van der Waals surface area (Å²) in [5, 5.41) is 12.7. The van der Waals surface area contributed by atoms with Crippen molar-refractivity contribution in [2.75, 3.05) is 13.1 Å². The van der Waals surface area contributed by atoms with Crippen LogP contribution in [0.1, 0.15) is 59.8 Å². The number of ether oxygens (including phenoxy) is 1. The maximum Gasteiger partial charge on any atom is 0.410 e. The van der Waals surface area contributed by atoms with Gasteiger partial charge in [0.25, 0.3) is 0 Å². The van der Waals surface area contributed by atoms with Gasteiger partial charge in [0.2, 0.25) is 0 Å². The number of hydrogen-bond donors (Lipinski definition) is 2. The number of rotatable bonds is 5. The summed E-state index contributed by atoms with van der Waals surface area (Å²) in [7, 11) is 0. The zero-order valence-electron chi connectivity index (χ0n) is 14.7. The van der Waals surface area contributed by atoms with Gasteiger partial charge in [-0.2, -0.15) is 0 Å². The molecule has 1 saturated carbocycles. The van der Waals surface area contributed by atoms with Crippen molar-refractivity contribution in [1.82, 2.24) is 10.2 Å². The Morgan fingerprint density at radius 1 is 1.30 bits per heavy atom. The first-order chi connectivity index (χ1) is 10.6. The minimum Gasteiger partial charge on any atom is -0.481 e. The summed E-state index contributed by atoms with van der Waals surface area (Å²) in [6.07, 6.45) is 4.58. The smallest absolute Gasteiger partial charge is 0.410 e. The van der Waals surface area contributed by atoms with Crippen LogP contribution in [0, 0.1) is 5.92 Å². The quantitative estimate of drug-likeness (QED) is 0.812. The zero-order chi connectivity index (χ0) is 17.3. The number of nitrogens with one attached hydrogen (secondary N) is 1. The minimum atomic E-state index is -0.833. The monoisotopic (exact) mass is 326 g/mol. The van der Waals surface area contributed by atoms with Gasteiger partial charge in [-0.1, -0.05) is 12.8 Å². The minimum absolute atomic E-state index is 0.0311. The molecule has 1 saturated heterocycles. The largest absolute Gasteiger partial charge is 0.481 e. The Labute approximate surface area is 138 Å². The van der Waals surface area contributed by atoms with Crippen molar-refractivity contribution in [3.05, 3.63) is 0 Å². The van der Waals surface area contributed by atoms with Crippen molar-refractivity contribution in [3.8, 4) is 0 Å². The summed E-state index contributed by atoms with van der Waals surface area (Å²) >= 11 is 0. The first-order valence-electron chi connectivity index (χ1n) is 8.58. The van der Waals surface area contributed by atoms with Gasteiger partial charge in [0, 0.05) is 19.1 Å². The van der Waals surface area contributed by atoms with Crippen LogP contribution in [-0.2, 0) is 9.53 Å². The summed E-state index contributed by atoms with van der Waals surface area (Å²) in [5.74, 6) is -0.226. The lowest BCUT2D eigenvalue weighted by Gasteiger charge is -2.51. The van der Waals surface area contributed by atoms with Crippen molar-refractivity contribution >= 4 is 12.1 Å². The maximum atomic E-state index is 12.1. The predicted molar refractivity (Wildman–Crippen MR) is 87.3 cm³/mol. The molecule has 0 aromatic rings. The molecule has 1 atom stereocenters. The molecule has 1 amide bonds. The fraction of sp³-hybridized carbons (Fsp3) is 0.882. The summed E-state index contributed by atoms with van der Waals surface area (Å²) in [4.78, 5) is 24.9. The Balaban J connectivity index is 1.94. The standard InChI is InChI=1S/C17H30N2O4/c1-12(13-7-5-6-8-13)18-17(9-14(20)21)10-19(11-17)15(22)23-16(2,3)4/h12-13,18H,5-11H2,1-4H3,(H,20,21)/t12-/m0/s1. The Bertz CT molecular complexity index is 446. The van der Waals surface area contributed by atoms with Crippen LogP contribution < -0.4 is 5.32 Å². The number of carboxylic acids is 1. The van der Waals surface area contributed by atoms with E-state index < -0.39 is 17.1 Å². The molecule has 0 aromatic carbocycles. The number of carbonyl (C=O) groups excluding carboxylic acids is 1. The summed E-state index contributed by atoms with van der Waals surface area (Å²) in [6.45, 7) is 8.41. The molecule has 132 valence electrons. The first-order valence-corrected chi connectivity index (χ1v) is 8.58. The van der Waals surface area contributed by atoms with E-state index in [1.165, 1.54) is 25.7 Å². The van der Waals surface area contributed by atoms with Gasteiger partial charge in [-0.05, 0) is 46.5 Å². The molecule has 2 aliphatic rings. The van der Waals surface area contributed by atoms with Crippen molar-refractivity contribution < 1.29 is 19.4 Å². The SMILES string of the molecule is C[C@H](NC1(CC(=O)O)CN(C(=O)OC(C)(C)C)C1)C1CCCC1. The third-order valence-corrected chi connectivity index (χ3v) is 4.77.